The lowest BCUT2D eigenvalue weighted by atomic mass is 10.1. The van der Waals surface area contributed by atoms with Gasteiger partial charge in [0, 0.05) is 0 Å². The number of benzene rings is 1. The van der Waals surface area contributed by atoms with Crippen LogP contribution in [0.1, 0.15) is 11.1 Å². The Bertz CT molecular complexity index is 460. The predicted octanol–water partition coefficient (Wildman–Crippen LogP) is 0.861. The molecule has 5 nitrogen and oxygen atoms in total. The van der Waals surface area contributed by atoms with E-state index in [1.54, 1.807) is 0 Å². The number of nitrogens with zero attached hydrogens (tertiary/aromatic N) is 4. The second kappa shape index (κ2) is 3.10. The first kappa shape index (κ1) is 8.68. The van der Waals surface area contributed by atoms with Crippen molar-refractivity contribution in [3.63, 3.8) is 0 Å². The van der Waals surface area contributed by atoms with Crippen molar-refractivity contribution in [2.24, 2.45) is 0 Å². The molecule has 0 radical (unpaired) electrons. The van der Waals surface area contributed by atoms with Crippen LogP contribution in [0.5, 0.6) is 0 Å². The Morgan fingerprint density at radius 2 is 2.07 bits per heavy atom. The van der Waals surface area contributed by atoms with Crippen LogP contribution >= 0.6 is 0 Å². The van der Waals surface area contributed by atoms with E-state index in [4.69, 9.17) is 5.73 Å². The average Bonchev–Trinajstić information content (AvgIpc) is 2.56. The highest BCUT2D eigenvalue weighted by Gasteiger charge is 2.06. The molecule has 14 heavy (non-hydrogen) atoms. The molecule has 0 saturated heterocycles. The molecule has 0 aliphatic rings. The fourth-order valence-electron chi connectivity index (χ4n) is 1.31. The molecule has 0 amide bonds. The van der Waals surface area contributed by atoms with Gasteiger partial charge in [-0.3, -0.25) is 0 Å². The molecular formula is C9H11N5. The number of tetrazole rings is 1. The first-order valence-corrected chi connectivity index (χ1v) is 4.30. The van der Waals surface area contributed by atoms with Gasteiger partial charge in [0.2, 0.25) is 5.95 Å². The summed E-state index contributed by atoms with van der Waals surface area (Å²) in [6, 6.07) is 6.06. The first-order valence-electron chi connectivity index (χ1n) is 4.30. The largest absolute Gasteiger partial charge is 0.366 e. The van der Waals surface area contributed by atoms with Gasteiger partial charge in [0.15, 0.2) is 0 Å². The third-order valence-electron chi connectivity index (χ3n) is 2.09. The molecule has 1 aromatic carbocycles. The number of aryl methyl sites for hydroxylation is 2. The van der Waals surface area contributed by atoms with Gasteiger partial charge in [0.1, 0.15) is 0 Å². The summed E-state index contributed by atoms with van der Waals surface area (Å²) in [6.45, 7) is 4.01. The monoisotopic (exact) mass is 189 g/mol. The van der Waals surface area contributed by atoms with Crippen LogP contribution in [0, 0.1) is 13.8 Å². The van der Waals surface area contributed by atoms with Crippen LogP contribution < -0.4 is 5.73 Å². The molecule has 2 N–H and O–H groups in total. The van der Waals surface area contributed by atoms with E-state index in [-0.39, 0.29) is 0 Å². The fourth-order valence-corrected chi connectivity index (χ4v) is 1.31. The number of hydrogen-bond donors (Lipinski definition) is 1. The molecule has 0 aliphatic carbocycles. The van der Waals surface area contributed by atoms with Crippen LogP contribution in [-0.4, -0.2) is 20.2 Å². The molecule has 72 valence electrons. The molecular weight excluding hydrogens is 178 g/mol. The lowest BCUT2D eigenvalue weighted by Gasteiger charge is -2.06. The van der Waals surface area contributed by atoms with E-state index < -0.39 is 0 Å². The average molecular weight is 189 g/mol. The highest BCUT2D eigenvalue weighted by molar-refractivity contribution is 5.45. The van der Waals surface area contributed by atoms with Gasteiger partial charge in [-0.05, 0) is 41.5 Å². The van der Waals surface area contributed by atoms with Gasteiger partial charge in [-0.1, -0.05) is 17.2 Å². The second-order valence-corrected chi connectivity index (χ2v) is 3.24. The van der Waals surface area contributed by atoms with Crippen LogP contribution in [0.3, 0.4) is 0 Å². The van der Waals surface area contributed by atoms with Crippen molar-refractivity contribution in [2.45, 2.75) is 13.8 Å². The van der Waals surface area contributed by atoms with E-state index in [0.29, 0.717) is 5.95 Å². The predicted molar refractivity (Wildman–Crippen MR) is 53.0 cm³/mol. The van der Waals surface area contributed by atoms with E-state index in [1.165, 1.54) is 4.68 Å². The molecule has 5 heteroatoms. The first-order chi connectivity index (χ1) is 6.68. The summed E-state index contributed by atoms with van der Waals surface area (Å²) in [5.74, 6) is 0.304. The quantitative estimate of drug-likeness (QED) is 0.722. The SMILES string of the molecule is Cc1ccc(C)c(-n2nnnc2N)c1. The summed E-state index contributed by atoms with van der Waals surface area (Å²) >= 11 is 0. The molecule has 0 bridgehead atoms. The molecule has 0 fully saturated rings. The molecule has 0 unspecified atom stereocenters. The number of nitrogens with two attached hydrogens (primary N) is 1. The van der Waals surface area contributed by atoms with Crippen molar-refractivity contribution in [3.8, 4) is 5.69 Å². The minimum Gasteiger partial charge on any atom is -0.366 e. The lowest BCUT2D eigenvalue weighted by molar-refractivity contribution is 0.787. The number of aromatic nitrogens is 4. The summed E-state index contributed by atoms with van der Waals surface area (Å²) < 4.78 is 1.53. The third-order valence-corrected chi connectivity index (χ3v) is 2.09. The molecule has 0 spiro atoms. The summed E-state index contributed by atoms with van der Waals surface area (Å²) in [5.41, 5.74) is 8.79. The van der Waals surface area contributed by atoms with Gasteiger partial charge >= 0.3 is 0 Å². The zero-order valence-electron chi connectivity index (χ0n) is 8.10. The summed E-state index contributed by atoms with van der Waals surface area (Å²) in [6.07, 6.45) is 0. The van der Waals surface area contributed by atoms with Crippen LogP contribution in [0.15, 0.2) is 18.2 Å². The molecule has 2 aromatic rings. The Kier molecular flexibility index (Phi) is 1.92. The summed E-state index contributed by atoms with van der Waals surface area (Å²) in [4.78, 5) is 0. The van der Waals surface area contributed by atoms with Crippen molar-refractivity contribution >= 4 is 5.95 Å². The highest BCUT2D eigenvalue weighted by atomic mass is 15.6. The summed E-state index contributed by atoms with van der Waals surface area (Å²) in [7, 11) is 0. The molecule has 0 atom stereocenters. The van der Waals surface area contributed by atoms with Gasteiger partial charge in [0.25, 0.3) is 0 Å². The van der Waals surface area contributed by atoms with Crippen LogP contribution in [0.4, 0.5) is 5.95 Å². The Morgan fingerprint density at radius 1 is 1.29 bits per heavy atom. The molecule has 0 aliphatic heterocycles. The minimum atomic E-state index is 0.304. The Labute approximate surface area is 81.5 Å². The number of anilines is 1. The van der Waals surface area contributed by atoms with E-state index in [2.05, 4.69) is 15.5 Å². The van der Waals surface area contributed by atoms with Crippen LogP contribution in [-0.2, 0) is 0 Å². The highest BCUT2D eigenvalue weighted by Crippen LogP contribution is 2.16. The fraction of sp³-hybridized carbons (Fsp3) is 0.222. The smallest absolute Gasteiger partial charge is 0.245 e. The van der Waals surface area contributed by atoms with Crippen molar-refractivity contribution in [2.75, 3.05) is 5.73 Å². The molecule has 0 saturated carbocycles. The Morgan fingerprint density at radius 3 is 2.71 bits per heavy atom. The van der Waals surface area contributed by atoms with Gasteiger partial charge in [-0.25, -0.2) is 0 Å². The topological polar surface area (TPSA) is 69.6 Å². The lowest BCUT2D eigenvalue weighted by Crippen LogP contribution is -2.04. The van der Waals surface area contributed by atoms with Gasteiger partial charge < -0.3 is 5.73 Å². The van der Waals surface area contributed by atoms with E-state index >= 15 is 0 Å². The zero-order valence-corrected chi connectivity index (χ0v) is 8.10. The standard InChI is InChI=1S/C9H11N5/c1-6-3-4-7(2)8(5-6)14-9(10)11-12-13-14/h3-5H,1-2H3,(H2,10,11,13). The number of rotatable bonds is 1. The van der Waals surface area contributed by atoms with Crippen molar-refractivity contribution < 1.29 is 0 Å². The van der Waals surface area contributed by atoms with Crippen LogP contribution in [0.2, 0.25) is 0 Å². The Balaban J connectivity index is 2.62. The van der Waals surface area contributed by atoms with Crippen molar-refractivity contribution in [1.82, 2.24) is 20.2 Å². The maximum absolute atomic E-state index is 5.62. The maximum atomic E-state index is 5.62. The van der Waals surface area contributed by atoms with Crippen LogP contribution in [0.25, 0.3) is 5.69 Å². The van der Waals surface area contributed by atoms with Crippen molar-refractivity contribution in [1.29, 1.82) is 0 Å². The van der Waals surface area contributed by atoms with Crippen molar-refractivity contribution in [3.05, 3.63) is 29.3 Å². The normalized spacial score (nSPS) is 10.4. The number of nitrogen functional groups attached to an aromatic ring is 1. The van der Waals surface area contributed by atoms with E-state index in [1.807, 2.05) is 32.0 Å². The van der Waals surface area contributed by atoms with Gasteiger partial charge in [-0.15, -0.1) is 0 Å². The van der Waals surface area contributed by atoms with Gasteiger partial charge in [-0.2, -0.15) is 4.68 Å². The minimum absolute atomic E-state index is 0.304. The number of hydrogen-bond acceptors (Lipinski definition) is 4. The van der Waals surface area contributed by atoms with Gasteiger partial charge in [0.05, 0.1) is 5.69 Å². The van der Waals surface area contributed by atoms with E-state index in [0.717, 1.165) is 16.8 Å². The molecule has 1 heterocycles. The Hall–Kier alpha value is -1.91. The molecule has 2 rings (SSSR count). The molecule has 1 aromatic heterocycles. The second-order valence-electron chi connectivity index (χ2n) is 3.24. The zero-order chi connectivity index (χ0) is 10.1. The maximum Gasteiger partial charge on any atom is 0.245 e. The summed E-state index contributed by atoms with van der Waals surface area (Å²) in [5, 5.41) is 11.0. The third kappa shape index (κ3) is 1.32. The van der Waals surface area contributed by atoms with E-state index in [9.17, 15) is 0 Å².